The van der Waals surface area contributed by atoms with Crippen molar-refractivity contribution in [1.82, 2.24) is 9.97 Å². The summed E-state index contributed by atoms with van der Waals surface area (Å²) in [5.74, 6) is 2.71. The SMILES string of the molecule is c1cc(Nc2ccc(N3CCCC3)cc2)nc(Nc2ccc3c(c2)OCO3)n1. The molecule has 0 amide bonds. The fourth-order valence-corrected chi connectivity index (χ4v) is 3.47. The number of benzene rings is 2. The summed E-state index contributed by atoms with van der Waals surface area (Å²) in [6, 6.07) is 16.0. The van der Waals surface area contributed by atoms with Crippen molar-refractivity contribution in [3.05, 3.63) is 54.7 Å². The molecule has 2 aliphatic rings. The highest BCUT2D eigenvalue weighted by Gasteiger charge is 2.14. The first-order chi connectivity index (χ1) is 13.8. The van der Waals surface area contributed by atoms with E-state index in [0.717, 1.165) is 41.8 Å². The maximum atomic E-state index is 5.41. The summed E-state index contributed by atoms with van der Waals surface area (Å²) >= 11 is 0. The molecular formula is C21H21N5O2. The topological polar surface area (TPSA) is 71.5 Å². The third kappa shape index (κ3) is 3.51. The molecule has 1 saturated heterocycles. The molecule has 0 bridgehead atoms. The minimum Gasteiger partial charge on any atom is -0.454 e. The van der Waals surface area contributed by atoms with Gasteiger partial charge in [-0.05, 0) is 55.3 Å². The van der Waals surface area contributed by atoms with Crippen molar-refractivity contribution in [1.29, 1.82) is 0 Å². The van der Waals surface area contributed by atoms with Gasteiger partial charge in [0.25, 0.3) is 0 Å². The molecule has 0 radical (unpaired) electrons. The average Bonchev–Trinajstić information content (AvgIpc) is 3.41. The maximum Gasteiger partial charge on any atom is 0.231 e. The molecule has 5 rings (SSSR count). The van der Waals surface area contributed by atoms with Crippen LogP contribution in [0.15, 0.2) is 54.7 Å². The third-order valence-electron chi connectivity index (χ3n) is 4.90. The van der Waals surface area contributed by atoms with E-state index < -0.39 is 0 Å². The Balaban J connectivity index is 1.27. The molecule has 7 heteroatoms. The van der Waals surface area contributed by atoms with Gasteiger partial charge in [0.15, 0.2) is 11.5 Å². The molecule has 142 valence electrons. The van der Waals surface area contributed by atoms with Crippen LogP contribution in [0.25, 0.3) is 0 Å². The summed E-state index contributed by atoms with van der Waals surface area (Å²) in [7, 11) is 0. The van der Waals surface area contributed by atoms with E-state index >= 15 is 0 Å². The summed E-state index contributed by atoms with van der Waals surface area (Å²) in [5, 5.41) is 6.54. The van der Waals surface area contributed by atoms with Crippen LogP contribution in [-0.2, 0) is 0 Å². The Hall–Kier alpha value is -3.48. The number of nitrogens with one attached hydrogen (secondary N) is 2. The molecule has 2 N–H and O–H groups in total. The van der Waals surface area contributed by atoms with Gasteiger partial charge in [-0.1, -0.05) is 0 Å². The predicted molar refractivity (Wildman–Crippen MR) is 109 cm³/mol. The average molecular weight is 375 g/mol. The second kappa shape index (κ2) is 7.26. The second-order valence-corrected chi connectivity index (χ2v) is 6.82. The zero-order valence-corrected chi connectivity index (χ0v) is 15.4. The van der Waals surface area contributed by atoms with Crippen LogP contribution < -0.4 is 25.0 Å². The fourth-order valence-electron chi connectivity index (χ4n) is 3.47. The largest absolute Gasteiger partial charge is 0.454 e. The van der Waals surface area contributed by atoms with E-state index in [2.05, 4.69) is 49.8 Å². The number of nitrogens with zero attached hydrogens (tertiary/aromatic N) is 3. The molecule has 3 aromatic rings. The van der Waals surface area contributed by atoms with Crippen LogP contribution in [0.1, 0.15) is 12.8 Å². The van der Waals surface area contributed by atoms with E-state index in [1.165, 1.54) is 18.5 Å². The highest BCUT2D eigenvalue weighted by atomic mass is 16.7. The van der Waals surface area contributed by atoms with Gasteiger partial charge in [0.2, 0.25) is 12.7 Å². The molecule has 1 aromatic heterocycles. The first-order valence-corrected chi connectivity index (χ1v) is 9.45. The van der Waals surface area contributed by atoms with Gasteiger partial charge in [-0.3, -0.25) is 0 Å². The van der Waals surface area contributed by atoms with Crippen molar-refractivity contribution in [3.63, 3.8) is 0 Å². The lowest BCUT2D eigenvalue weighted by atomic mass is 10.2. The van der Waals surface area contributed by atoms with Crippen LogP contribution in [0.2, 0.25) is 0 Å². The second-order valence-electron chi connectivity index (χ2n) is 6.82. The van der Waals surface area contributed by atoms with Gasteiger partial charge >= 0.3 is 0 Å². The molecule has 0 saturated carbocycles. The Morgan fingerprint density at radius 3 is 2.46 bits per heavy atom. The van der Waals surface area contributed by atoms with Crippen LogP contribution in [0.5, 0.6) is 11.5 Å². The van der Waals surface area contributed by atoms with Gasteiger partial charge < -0.3 is 25.0 Å². The van der Waals surface area contributed by atoms with Gasteiger partial charge in [-0.15, -0.1) is 0 Å². The molecule has 7 nitrogen and oxygen atoms in total. The maximum absolute atomic E-state index is 5.41. The van der Waals surface area contributed by atoms with E-state index in [1.54, 1.807) is 6.20 Å². The number of anilines is 5. The number of hydrogen-bond acceptors (Lipinski definition) is 7. The van der Waals surface area contributed by atoms with E-state index in [-0.39, 0.29) is 6.79 Å². The van der Waals surface area contributed by atoms with Crippen molar-refractivity contribution in [2.75, 3.05) is 35.4 Å². The zero-order valence-electron chi connectivity index (χ0n) is 15.4. The van der Waals surface area contributed by atoms with E-state index in [4.69, 9.17) is 9.47 Å². The van der Waals surface area contributed by atoms with Gasteiger partial charge in [0.05, 0.1) is 0 Å². The zero-order chi connectivity index (χ0) is 18.8. The summed E-state index contributed by atoms with van der Waals surface area (Å²) < 4.78 is 10.7. The van der Waals surface area contributed by atoms with Crippen LogP contribution in [0.4, 0.5) is 28.8 Å². The van der Waals surface area contributed by atoms with Crippen LogP contribution in [0, 0.1) is 0 Å². The monoisotopic (exact) mass is 375 g/mol. The van der Waals surface area contributed by atoms with Crippen molar-refractivity contribution in [3.8, 4) is 11.5 Å². The first kappa shape index (κ1) is 16.7. The standard InChI is InChI=1S/C21H21N5O2/c1-2-12-26(11-1)17-6-3-15(4-7-17)23-20-9-10-22-21(25-20)24-16-5-8-18-19(13-16)28-14-27-18/h3-10,13H,1-2,11-12,14H2,(H2,22,23,24,25). The Bertz CT molecular complexity index is 971. The summed E-state index contributed by atoms with van der Waals surface area (Å²) in [4.78, 5) is 11.3. The molecule has 1 fully saturated rings. The summed E-state index contributed by atoms with van der Waals surface area (Å²) in [6.07, 6.45) is 4.28. The smallest absolute Gasteiger partial charge is 0.231 e. The van der Waals surface area contributed by atoms with Gasteiger partial charge in [0, 0.05) is 42.4 Å². The van der Waals surface area contributed by atoms with E-state index in [9.17, 15) is 0 Å². The first-order valence-electron chi connectivity index (χ1n) is 9.45. The third-order valence-corrected chi connectivity index (χ3v) is 4.90. The summed E-state index contributed by atoms with van der Waals surface area (Å²) in [6.45, 7) is 2.55. The highest BCUT2D eigenvalue weighted by Crippen LogP contribution is 2.34. The molecule has 3 heterocycles. The molecule has 2 aliphatic heterocycles. The normalized spacial score (nSPS) is 14.9. The molecule has 0 spiro atoms. The quantitative estimate of drug-likeness (QED) is 0.689. The lowest BCUT2D eigenvalue weighted by Gasteiger charge is -2.18. The van der Waals surface area contributed by atoms with Crippen LogP contribution in [-0.4, -0.2) is 29.9 Å². The Morgan fingerprint density at radius 1 is 0.821 bits per heavy atom. The Labute approximate surface area is 163 Å². The molecule has 2 aromatic carbocycles. The minimum atomic E-state index is 0.255. The number of hydrogen-bond donors (Lipinski definition) is 2. The van der Waals surface area contributed by atoms with Gasteiger partial charge in [0.1, 0.15) is 5.82 Å². The predicted octanol–water partition coefficient (Wildman–Crippen LogP) is 4.29. The van der Waals surface area contributed by atoms with E-state index in [1.807, 2.05) is 24.3 Å². The molecular weight excluding hydrogens is 354 g/mol. The van der Waals surface area contributed by atoms with Gasteiger partial charge in [-0.2, -0.15) is 4.98 Å². The fraction of sp³-hybridized carbons (Fsp3) is 0.238. The van der Waals surface area contributed by atoms with Crippen molar-refractivity contribution in [2.24, 2.45) is 0 Å². The number of rotatable bonds is 5. The lowest BCUT2D eigenvalue weighted by molar-refractivity contribution is 0.174. The van der Waals surface area contributed by atoms with E-state index in [0.29, 0.717) is 5.95 Å². The number of fused-ring (bicyclic) bond motifs is 1. The Morgan fingerprint density at radius 2 is 1.61 bits per heavy atom. The van der Waals surface area contributed by atoms with Crippen molar-refractivity contribution in [2.45, 2.75) is 12.8 Å². The van der Waals surface area contributed by atoms with Crippen LogP contribution in [0.3, 0.4) is 0 Å². The lowest BCUT2D eigenvalue weighted by Crippen LogP contribution is -2.17. The Kier molecular flexibility index (Phi) is 4.33. The number of ether oxygens (including phenoxy) is 2. The number of aromatic nitrogens is 2. The highest BCUT2D eigenvalue weighted by molar-refractivity contribution is 5.64. The molecule has 0 unspecified atom stereocenters. The van der Waals surface area contributed by atoms with Crippen molar-refractivity contribution < 1.29 is 9.47 Å². The molecule has 0 aliphatic carbocycles. The minimum absolute atomic E-state index is 0.255. The van der Waals surface area contributed by atoms with Gasteiger partial charge in [-0.25, -0.2) is 4.98 Å². The summed E-state index contributed by atoms with van der Waals surface area (Å²) in [5.41, 5.74) is 3.11. The van der Waals surface area contributed by atoms with Crippen molar-refractivity contribution >= 4 is 28.8 Å². The molecule has 0 atom stereocenters. The van der Waals surface area contributed by atoms with Crippen LogP contribution >= 0.6 is 0 Å². The molecule has 28 heavy (non-hydrogen) atoms.